The zero-order valence-electron chi connectivity index (χ0n) is 13.5. The predicted molar refractivity (Wildman–Crippen MR) is 83.3 cm³/mol. The highest BCUT2D eigenvalue weighted by molar-refractivity contribution is 5.88. The van der Waals surface area contributed by atoms with E-state index in [-0.39, 0.29) is 25.2 Å². The Hall–Kier alpha value is -1.91. The zero-order valence-corrected chi connectivity index (χ0v) is 13.5. The van der Waals surface area contributed by atoms with Gasteiger partial charge in [0.25, 0.3) is 5.91 Å². The Kier molecular flexibility index (Phi) is 4.13. The third-order valence-electron chi connectivity index (χ3n) is 5.20. The number of benzene rings is 1. The molecule has 0 unspecified atom stereocenters. The topological polar surface area (TPSA) is 46.6 Å². The summed E-state index contributed by atoms with van der Waals surface area (Å²) in [4.78, 5) is 26.1. The molecule has 1 aliphatic heterocycles. The molecule has 4 nitrogen and oxygen atoms in total. The first-order chi connectivity index (χ1) is 11.0. The number of rotatable bonds is 5. The Labute approximate surface area is 135 Å². The van der Waals surface area contributed by atoms with Gasteiger partial charge in [-0.2, -0.15) is 0 Å². The Morgan fingerprint density at radius 1 is 1.39 bits per heavy atom. The second-order valence-corrected chi connectivity index (χ2v) is 6.46. The van der Waals surface area contributed by atoms with Crippen molar-refractivity contribution in [1.82, 2.24) is 4.90 Å². The summed E-state index contributed by atoms with van der Waals surface area (Å²) >= 11 is 0. The number of carbonyl (C=O) groups is 2. The molecule has 2 aliphatic rings. The lowest BCUT2D eigenvalue weighted by Crippen LogP contribution is -2.34. The lowest BCUT2D eigenvalue weighted by Gasteiger charge is -2.26. The second-order valence-electron chi connectivity index (χ2n) is 6.46. The fraction of sp³-hybridized carbons (Fsp3) is 0.556. The Morgan fingerprint density at radius 3 is 2.61 bits per heavy atom. The molecule has 0 N–H and O–H groups in total. The molecule has 3 atom stereocenters. The van der Waals surface area contributed by atoms with Crippen LogP contribution in [0.1, 0.15) is 38.3 Å². The summed E-state index contributed by atoms with van der Waals surface area (Å²) < 4.78 is 19.8. The van der Waals surface area contributed by atoms with Crippen molar-refractivity contribution in [3.8, 4) is 0 Å². The molecule has 1 saturated heterocycles. The van der Waals surface area contributed by atoms with Crippen LogP contribution >= 0.6 is 0 Å². The smallest absolute Gasteiger partial charge is 0.312 e. The standard InChI is InChI=1S/C18H22FNO3/c1-3-23-17(22)18(9-10-18)14-11-20(16(21)15(14)19)12(2)13-7-5-4-6-8-13/h4-8,12,14-15H,3,9-11H2,1-2H3/t12-,14-,15+/m0/s1. The third kappa shape index (κ3) is 2.62. The van der Waals surface area contributed by atoms with Crippen LogP contribution in [0.15, 0.2) is 30.3 Å². The molecule has 124 valence electrons. The maximum Gasteiger partial charge on any atom is 0.312 e. The second kappa shape index (κ2) is 5.95. The number of amides is 1. The van der Waals surface area contributed by atoms with Crippen LogP contribution in [0.3, 0.4) is 0 Å². The minimum Gasteiger partial charge on any atom is -0.466 e. The molecule has 0 radical (unpaired) electrons. The van der Waals surface area contributed by atoms with E-state index in [2.05, 4.69) is 0 Å². The maximum atomic E-state index is 14.6. The number of hydrogen-bond donors (Lipinski definition) is 0. The average Bonchev–Trinajstić information content (AvgIpc) is 3.31. The van der Waals surface area contributed by atoms with Crippen LogP contribution in [0.25, 0.3) is 0 Å². The van der Waals surface area contributed by atoms with Gasteiger partial charge in [-0.25, -0.2) is 4.39 Å². The van der Waals surface area contributed by atoms with E-state index in [4.69, 9.17) is 4.74 Å². The highest BCUT2D eigenvalue weighted by Crippen LogP contribution is 2.57. The first-order valence-corrected chi connectivity index (χ1v) is 8.18. The maximum absolute atomic E-state index is 14.6. The first-order valence-electron chi connectivity index (χ1n) is 8.18. The number of ether oxygens (including phenoxy) is 1. The Bertz CT molecular complexity index is 600. The van der Waals surface area contributed by atoms with Crippen molar-refractivity contribution in [1.29, 1.82) is 0 Å². The number of alkyl halides is 1. The van der Waals surface area contributed by atoms with Crippen molar-refractivity contribution in [3.63, 3.8) is 0 Å². The van der Waals surface area contributed by atoms with Gasteiger partial charge in [0.2, 0.25) is 0 Å². The first kappa shape index (κ1) is 16.0. The number of halogens is 1. The van der Waals surface area contributed by atoms with Crippen LogP contribution in [-0.2, 0) is 14.3 Å². The number of nitrogens with zero attached hydrogens (tertiary/aromatic N) is 1. The van der Waals surface area contributed by atoms with Crippen molar-refractivity contribution < 1.29 is 18.7 Å². The van der Waals surface area contributed by atoms with Gasteiger partial charge in [-0.15, -0.1) is 0 Å². The third-order valence-corrected chi connectivity index (χ3v) is 5.20. The Morgan fingerprint density at radius 2 is 2.04 bits per heavy atom. The van der Waals surface area contributed by atoms with Gasteiger partial charge in [0.1, 0.15) is 0 Å². The van der Waals surface area contributed by atoms with Gasteiger partial charge in [-0.3, -0.25) is 9.59 Å². The van der Waals surface area contributed by atoms with Gasteiger partial charge in [-0.1, -0.05) is 30.3 Å². The van der Waals surface area contributed by atoms with Gasteiger partial charge in [-0.05, 0) is 32.3 Å². The normalized spacial score (nSPS) is 26.9. The minimum absolute atomic E-state index is 0.204. The lowest BCUT2D eigenvalue weighted by molar-refractivity contribution is -0.152. The number of likely N-dealkylation sites (tertiary alicyclic amines) is 1. The molecule has 23 heavy (non-hydrogen) atoms. The largest absolute Gasteiger partial charge is 0.466 e. The van der Waals surface area contributed by atoms with E-state index in [9.17, 15) is 14.0 Å². The van der Waals surface area contributed by atoms with Crippen LogP contribution in [0.2, 0.25) is 0 Å². The lowest BCUT2D eigenvalue weighted by atomic mass is 9.87. The molecule has 1 heterocycles. The van der Waals surface area contributed by atoms with Crippen LogP contribution in [0.5, 0.6) is 0 Å². The number of carbonyl (C=O) groups excluding carboxylic acids is 2. The van der Waals surface area contributed by atoms with Crippen LogP contribution in [-0.4, -0.2) is 36.1 Å². The van der Waals surface area contributed by atoms with Crippen molar-refractivity contribution >= 4 is 11.9 Å². The van der Waals surface area contributed by atoms with E-state index in [1.54, 1.807) is 11.8 Å². The molecular weight excluding hydrogens is 297 g/mol. The van der Waals surface area contributed by atoms with Crippen molar-refractivity contribution in [2.45, 2.75) is 38.9 Å². The highest BCUT2D eigenvalue weighted by atomic mass is 19.1. The predicted octanol–water partition coefficient (Wildman–Crippen LogP) is 2.89. The summed E-state index contributed by atoms with van der Waals surface area (Å²) in [7, 11) is 0. The summed E-state index contributed by atoms with van der Waals surface area (Å²) in [6, 6.07) is 9.36. The van der Waals surface area contributed by atoms with Crippen LogP contribution in [0.4, 0.5) is 4.39 Å². The monoisotopic (exact) mass is 319 g/mol. The quantitative estimate of drug-likeness (QED) is 0.784. The summed E-state index contributed by atoms with van der Waals surface area (Å²) in [6.07, 6.45) is -0.400. The molecule has 1 amide bonds. The van der Waals surface area contributed by atoms with Gasteiger partial charge in [0.05, 0.1) is 18.1 Å². The molecule has 0 bridgehead atoms. The summed E-state index contributed by atoms with van der Waals surface area (Å²) in [6.45, 7) is 4.19. The fourth-order valence-corrected chi connectivity index (χ4v) is 3.58. The van der Waals surface area contributed by atoms with E-state index in [0.29, 0.717) is 12.8 Å². The average molecular weight is 319 g/mol. The van der Waals surface area contributed by atoms with E-state index in [1.165, 1.54) is 0 Å². The molecule has 1 saturated carbocycles. The highest BCUT2D eigenvalue weighted by Gasteiger charge is 2.63. The molecule has 0 spiro atoms. The molecule has 1 aromatic rings. The summed E-state index contributed by atoms with van der Waals surface area (Å²) in [5, 5.41) is 0. The zero-order chi connectivity index (χ0) is 16.6. The van der Waals surface area contributed by atoms with Crippen molar-refractivity contribution in [3.05, 3.63) is 35.9 Å². The van der Waals surface area contributed by atoms with E-state index < -0.39 is 23.4 Å². The summed E-state index contributed by atoms with van der Waals surface area (Å²) in [5.41, 5.74) is 0.172. The fourth-order valence-electron chi connectivity index (χ4n) is 3.58. The van der Waals surface area contributed by atoms with E-state index in [1.807, 2.05) is 37.3 Å². The van der Waals surface area contributed by atoms with Crippen molar-refractivity contribution in [2.75, 3.05) is 13.2 Å². The van der Waals surface area contributed by atoms with Crippen molar-refractivity contribution in [2.24, 2.45) is 11.3 Å². The van der Waals surface area contributed by atoms with E-state index in [0.717, 1.165) is 5.56 Å². The van der Waals surface area contributed by atoms with E-state index >= 15 is 0 Å². The minimum atomic E-state index is -1.62. The molecule has 1 aliphatic carbocycles. The molecule has 3 rings (SSSR count). The van der Waals surface area contributed by atoms with Crippen LogP contribution < -0.4 is 0 Å². The summed E-state index contributed by atoms with van der Waals surface area (Å²) in [5.74, 6) is -1.46. The van der Waals surface area contributed by atoms with Crippen LogP contribution in [0, 0.1) is 11.3 Å². The SMILES string of the molecule is CCOC(=O)C1([C@H]2CN([C@@H](C)c3ccccc3)C(=O)[C@@H]2F)CC1. The molecule has 5 heteroatoms. The van der Waals surface area contributed by atoms with Gasteiger partial charge >= 0.3 is 5.97 Å². The molecular formula is C18H22FNO3. The van der Waals surface area contributed by atoms with Gasteiger partial charge in [0, 0.05) is 12.5 Å². The van der Waals surface area contributed by atoms with Gasteiger partial charge in [0.15, 0.2) is 6.17 Å². The molecule has 2 fully saturated rings. The number of hydrogen-bond acceptors (Lipinski definition) is 3. The molecule has 0 aromatic heterocycles. The Balaban J connectivity index is 1.79. The van der Waals surface area contributed by atoms with Gasteiger partial charge < -0.3 is 9.64 Å². The molecule has 1 aromatic carbocycles. The number of esters is 1.